The highest BCUT2D eigenvalue weighted by Crippen LogP contribution is 2.30. The van der Waals surface area contributed by atoms with Gasteiger partial charge in [0.05, 0.1) is 0 Å². The molecule has 0 aliphatic rings. The van der Waals surface area contributed by atoms with Crippen molar-refractivity contribution in [1.29, 1.82) is 0 Å². The molecule has 0 fully saturated rings. The fourth-order valence-corrected chi connectivity index (χ4v) is 2.43. The molecule has 0 heterocycles. The number of primary amides is 1. The summed E-state index contributed by atoms with van der Waals surface area (Å²) in [5, 5.41) is 5.39. The van der Waals surface area contributed by atoms with Crippen LogP contribution in [0.1, 0.15) is 13.3 Å². The number of fused-ring (bicyclic) bond motifs is 1. The number of hydrogen-bond acceptors (Lipinski definition) is 2. The summed E-state index contributed by atoms with van der Waals surface area (Å²) in [5.74, 6) is -0.329. The van der Waals surface area contributed by atoms with Gasteiger partial charge >= 0.3 is 0 Å². The number of rotatable bonds is 4. The van der Waals surface area contributed by atoms with Gasteiger partial charge in [0.25, 0.3) is 0 Å². The zero-order valence-electron chi connectivity index (χ0n) is 10.1. The van der Waals surface area contributed by atoms with Crippen molar-refractivity contribution >= 4 is 38.3 Å². The van der Waals surface area contributed by atoms with Crippen LogP contribution in [0.3, 0.4) is 0 Å². The first kappa shape index (κ1) is 12.9. The summed E-state index contributed by atoms with van der Waals surface area (Å²) in [6, 6.07) is 11.6. The van der Waals surface area contributed by atoms with Gasteiger partial charge in [-0.05, 0) is 23.9 Å². The fourth-order valence-electron chi connectivity index (χ4n) is 1.95. The van der Waals surface area contributed by atoms with Gasteiger partial charge in [-0.15, -0.1) is 0 Å². The predicted molar refractivity (Wildman–Crippen MR) is 78.5 cm³/mol. The van der Waals surface area contributed by atoms with Gasteiger partial charge in [-0.25, -0.2) is 0 Å². The molecule has 0 saturated heterocycles. The summed E-state index contributed by atoms with van der Waals surface area (Å²) in [6.07, 6.45) is 0.666. The smallest absolute Gasteiger partial charge is 0.239 e. The van der Waals surface area contributed by atoms with E-state index in [-0.39, 0.29) is 11.9 Å². The van der Waals surface area contributed by atoms with Crippen LogP contribution in [0.4, 0.5) is 5.69 Å². The molecule has 3 N–H and O–H groups in total. The van der Waals surface area contributed by atoms with Crippen molar-refractivity contribution in [2.45, 2.75) is 19.4 Å². The maximum absolute atomic E-state index is 11.3. The van der Waals surface area contributed by atoms with E-state index in [1.165, 1.54) is 0 Å². The number of carbonyl (C=O) groups is 1. The molecule has 3 nitrogen and oxygen atoms in total. The van der Waals surface area contributed by atoms with Crippen LogP contribution in [0.15, 0.2) is 40.9 Å². The Hall–Kier alpha value is -1.55. The zero-order valence-corrected chi connectivity index (χ0v) is 11.7. The quantitative estimate of drug-likeness (QED) is 0.911. The number of benzene rings is 2. The minimum absolute atomic E-state index is 0.329. The lowest BCUT2D eigenvalue weighted by Gasteiger charge is -2.17. The second-order valence-electron chi connectivity index (χ2n) is 4.15. The van der Waals surface area contributed by atoms with Gasteiger partial charge in [0.1, 0.15) is 6.04 Å². The first-order chi connectivity index (χ1) is 8.63. The molecule has 1 unspecified atom stereocenters. The molecule has 4 heteroatoms. The summed E-state index contributed by atoms with van der Waals surface area (Å²) < 4.78 is 1.04. The van der Waals surface area contributed by atoms with E-state index in [0.717, 1.165) is 20.9 Å². The van der Waals surface area contributed by atoms with Gasteiger partial charge < -0.3 is 11.1 Å². The highest BCUT2D eigenvalue weighted by molar-refractivity contribution is 9.10. The molecule has 2 aromatic carbocycles. The third-order valence-electron chi connectivity index (χ3n) is 2.95. The van der Waals surface area contributed by atoms with Crippen molar-refractivity contribution in [3.63, 3.8) is 0 Å². The lowest BCUT2D eigenvalue weighted by atomic mass is 10.1. The van der Waals surface area contributed by atoms with Gasteiger partial charge in [0.15, 0.2) is 0 Å². The van der Waals surface area contributed by atoms with Crippen LogP contribution in [-0.4, -0.2) is 11.9 Å². The molecule has 0 aromatic heterocycles. The Bertz CT molecular complexity index is 583. The standard InChI is InChI=1S/C14H15BrN2O/c1-2-12(14(16)18)17-13-8-7-11(15)9-5-3-4-6-10(9)13/h3-8,12,17H,2H2,1H3,(H2,16,18). The Morgan fingerprint density at radius 1 is 1.28 bits per heavy atom. The average molecular weight is 307 g/mol. The molecule has 1 atom stereocenters. The summed E-state index contributed by atoms with van der Waals surface area (Å²) in [5.41, 5.74) is 6.29. The SMILES string of the molecule is CCC(Nc1ccc(Br)c2ccccc12)C(N)=O. The minimum atomic E-state index is -0.338. The summed E-state index contributed by atoms with van der Waals surface area (Å²) >= 11 is 3.52. The van der Waals surface area contributed by atoms with Crippen molar-refractivity contribution in [2.75, 3.05) is 5.32 Å². The number of amides is 1. The summed E-state index contributed by atoms with van der Waals surface area (Å²) in [6.45, 7) is 1.93. The molecule has 0 saturated carbocycles. The second kappa shape index (κ2) is 5.40. The highest BCUT2D eigenvalue weighted by atomic mass is 79.9. The molecule has 0 radical (unpaired) electrons. The molecule has 0 aliphatic carbocycles. The number of anilines is 1. The molecule has 1 amide bonds. The maximum atomic E-state index is 11.3. The van der Waals surface area contributed by atoms with Crippen molar-refractivity contribution in [3.8, 4) is 0 Å². The lowest BCUT2D eigenvalue weighted by Crippen LogP contribution is -2.34. The third-order valence-corrected chi connectivity index (χ3v) is 3.64. The van der Waals surface area contributed by atoms with Crippen molar-refractivity contribution in [2.24, 2.45) is 5.73 Å². The minimum Gasteiger partial charge on any atom is -0.373 e. The molecule has 0 spiro atoms. The third kappa shape index (κ3) is 2.48. The van der Waals surface area contributed by atoms with E-state index >= 15 is 0 Å². The van der Waals surface area contributed by atoms with Crippen molar-refractivity contribution in [3.05, 3.63) is 40.9 Å². The first-order valence-corrected chi connectivity index (χ1v) is 6.66. The molecule has 18 heavy (non-hydrogen) atoms. The number of hydrogen-bond donors (Lipinski definition) is 2. The van der Waals surface area contributed by atoms with Crippen LogP contribution in [-0.2, 0) is 4.79 Å². The zero-order chi connectivity index (χ0) is 13.1. The Morgan fingerprint density at radius 3 is 2.56 bits per heavy atom. The molecule has 2 rings (SSSR count). The lowest BCUT2D eigenvalue weighted by molar-refractivity contribution is -0.118. The van der Waals surface area contributed by atoms with Crippen LogP contribution in [0.2, 0.25) is 0 Å². The summed E-state index contributed by atoms with van der Waals surface area (Å²) in [4.78, 5) is 11.3. The van der Waals surface area contributed by atoms with Crippen LogP contribution >= 0.6 is 15.9 Å². The molecule has 94 valence electrons. The van der Waals surface area contributed by atoms with Crippen LogP contribution < -0.4 is 11.1 Å². The molecule has 2 aromatic rings. The Balaban J connectivity index is 2.45. The second-order valence-corrected chi connectivity index (χ2v) is 5.00. The van der Waals surface area contributed by atoms with Crippen molar-refractivity contribution < 1.29 is 4.79 Å². The maximum Gasteiger partial charge on any atom is 0.239 e. The van der Waals surface area contributed by atoms with Gasteiger partial charge in [0.2, 0.25) is 5.91 Å². The van der Waals surface area contributed by atoms with Gasteiger partial charge in [-0.1, -0.05) is 47.1 Å². The number of nitrogens with one attached hydrogen (secondary N) is 1. The number of halogens is 1. The predicted octanol–water partition coefficient (Wildman–Crippen LogP) is 3.28. The normalized spacial score (nSPS) is 12.3. The molecule has 0 bridgehead atoms. The van der Waals surface area contributed by atoms with Gasteiger partial charge in [-0.2, -0.15) is 0 Å². The average Bonchev–Trinajstić information content (AvgIpc) is 2.38. The molecular weight excluding hydrogens is 292 g/mol. The van der Waals surface area contributed by atoms with E-state index in [4.69, 9.17) is 5.73 Å². The van der Waals surface area contributed by atoms with Crippen molar-refractivity contribution in [1.82, 2.24) is 0 Å². The Morgan fingerprint density at radius 2 is 1.94 bits per heavy atom. The van der Waals surface area contributed by atoms with Crippen LogP contribution in [0.25, 0.3) is 10.8 Å². The number of carbonyl (C=O) groups excluding carboxylic acids is 1. The van der Waals surface area contributed by atoms with Gasteiger partial charge in [0, 0.05) is 15.5 Å². The Kier molecular flexibility index (Phi) is 3.87. The highest BCUT2D eigenvalue weighted by Gasteiger charge is 2.13. The van der Waals surface area contributed by atoms with E-state index in [9.17, 15) is 4.79 Å². The number of nitrogens with two attached hydrogens (primary N) is 1. The monoisotopic (exact) mass is 306 g/mol. The summed E-state index contributed by atoms with van der Waals surface area (Å²) in [7, 11) is 0. The van der Waals surface area contributed by atoms with Gasteiger partial charge in [-0.3, -0.25) is 4.79 Å². The topological polar surface area (TPSA) is 55.1 Å². The molecular formula is C14H15BrN2O. The van der Waals surface area contributed by atoms with E-state index in [2.05, 4.69) is 21.2 Å². The Labute approximate surface area is 114 Å². The van der Waals surface area contributed by atoms with E-state index in [0.29, 0.717) is 6.42 Å². The van der Waals surface area contributed by atoms with Crippen LogP contribution in [0.5, 0.6) is 0 Å². The van der Waals surface area contributed by atoms with E-state index in [1.807, 2.05) is 43.3 Å². The van der Waals surface area contributed by atoms with E-state index < -0.39 is 0 Å². The largest absolute Gasteiger partial charge is 0.373 e. The van der Waals surface area contributed by atoms with Crippen LogP contribution in [0, 0.1) is 0 Å². The molecule has 0 aliphatic heterocycles. The van der Waals surface area contributed by atoms with E-state index in [1.54, 1.807) is 0 Å². The fraction of sp³-hybridized carbons (Fsp3) is 0.214. The first-order valence-electron chi connectivity index (χ1n) is 5.86.